The van der Waals surface area contributed by atoms with Crippen LogP contribution in [0, 0.1) is 18.3 Å². The molecule has 1 saturated carbocycles. The van der Waals surface area contributed by atoms with Crippen LogP contribution in [0.4, 0.5) is 0 Å². The van der Waals surface area contributed by atoms with Crippen LogP contribution in [0.5, 0.6) is 0 Å². The average Bonchev–Trinajstić information content (AvgIpc) is 2.59. The van der Waals surface area contributed by atoms with Gasteiger partial charge in [-0.25, -0.2) is 0 Å². The van der Waals surface area contributed by atoms with E-state index in [-0.39, 0.29) is 17.3 Å². The number of aromatic nitrogens is 2. The van der Waals surface area contributed by atoms with E-state index in [9.17, 15) is 4.79 Å². The quantitative estimate of drug-likeness (QED) is 0.865. The van der Waals surface area contributed by atoms with Crippen molar-refractivity contribution >= 4 is 17.6 Å². The Morgan fingerprint density at radius 3 is 2.44 bits per heavy atom. The van der Waals surface area contributed by atoms with Gasteiger partial charge in [0.15, 0.2) is 0 Å². The maximum absolute atomic E-state index is 11.1. The third-order valence-corrected chi connectivity index (χ3v) is 4.05. The minimum atomic E-state index is -0.755. The molecule has 1 fully saturated rings. The van der Waals surface area contributed by atoms with Gasteiger partial charge in [0.25, 0.3) is 0 Å². The van der Waals surface area contributed by atoms with Crippen molar-refractivity contribution in [1.82, 2.24) is 9.78 Å². The minimum Gasteiger partial charge on any atom is -0.481 e. The van der Waals surface area contributed by atoms with Crippen LogP contribution in [-0.2, 0) is 11.8 Å². The first-order valence-electron chi connectivity index (χ1n) is 5.20. The molecule has 0 bridgehead atoms. The molecule has 2 rings (SSSR count). The number of carboxylic acids is 1. The lowest BCUT2D eigenvalue weighted by Gasteiger charge is -2.01. The van der Waals surface area contributed by atoms with E-state index >= 15 is 0 Å². The van der Waals surface area contributed by atoms with E-state index in [1.807, 2.05) is 20.8 Å². The van der Waals surface area contributed by atoms with Crippen LogP contribution in [0.3, 0.4) is 0 Å². The number of carbonyl (C=O) groups is 1. The van der Waals surface area contributed by atoms with Crippen LogP contribution in [0.15, 0.2) is 0 Å². The molecule has 0 aliphatic heterocycles. The van der Waals surface area contributed by atoms with Crippen LogP contribution in [0.2, 0.25) is 5.15 Å². The normalized spacial score (nSPS) is 26.8. The van der Waals surface area contributed by atoms with Crippen LogP contribution in [0.25, 0.3) is 0 Å². The highest BCUT2D eigenvalue weighted by Crippen LogP contribution is 2.65. The van der Waals surface area contributed by atoms with E-state index in [1.54, 1.807) is 11.7 Å². The third kappa shape index (κ3) is 1.36. The minimum absolute atomic E-state index is 0.0220. The summed E-state index contributed by atoms with van der Waals surface area (Å²) in [6.07, 6.45) is 0. The van der Waals surface area contributed by atoms with Gasteiger partial charge in [0.1, 0.15) is 5.15 Å². The second-order valence-corrected chi connectivity index (χ2v) is 5.39. The molecule has 1 aromatic heterocycles. The van der Waals surface area contributed by atoms with Crippen molar-refractivity contribution < 1.29 is 9.90 Å². The first-order valence-corrected chi connectivity index (χ1v) is 5.58. The lowest BCUT2D eigenvalue weighted by molar-refractivity contribution is -0.139. The molecule has 88 valence electrons. The molecule has 5 heteroatoms. The van der Waals surface area contributed by atoms with Crippen molar-refractivity contribution in [3.05, 3.63) is 16.4 Å². The lowest BCUT2D eigenvalue weighted by atomic mass is 10.0. The summed E-state index contributed by atoms with van der Waals surface area (Å²) in [6.45, 7) is 5.78. The van der Waals surface area contributed by atoms with Crippen LogP contribution in [0.1, 0.15) is 31.0 Å². The van der Waals surface area contributed by atoms with Gasteiger partial charge >= 0.3 is 5.97 Å². The van der Waals surface area contributed by atoms with Gasteiger partial charge in [-0.05, 0) is 12.3 Å². The Morgan fingerprint density at radius 1 is 1.56 bits per heavy atom. The fourth-order valence-corrected chi connectivity index (χ4v) is 2.93. The number of aryl methyl sites for hydroxylation is 2. The highest BCUT2D eigenvalue weighted by Gasteiger charge is 2.64. The summed E-state index contributed by atoms with van der Waals surface area (Å²) in [5, 5.41) is 13.9. The number of nitrogens with zero attached hydrogens (tertiary/aromatic N) is 2. The predicted molar refractivity (Wildman–Crippen MR) is 60.6 cm³/mol. The second kappa shape index (κ2) is 3.23. The molecule has 1 N–H and O–H groups in total. The Balaban J connectivity index is 2.44. The van der Waals surface area contributed by atoms with Gasteiger partial charge in [-0.2, -0.15) is 5.10 Å². The standard InChI is InChI=1S/C11H15ClN2O2/c1-5-6(9(12)14(4)13-5)7-8(10(15)16)11(7,2)3/h7-8H,1-4H3,(H,15,16). The summed E-state index contributed by atoms with van der Waals surface area (Å²) in [6, 6.07) is 0. The van der Waals surface area contributed by atoms with E-state index in [0.29, 0.717) is 5.15 Å². The third-order valence-electron chi connectivity index (χ3n) is 3.60. The molecule has 2 atom stereocenters. The van der Waals surface area contributed by atoms with E-state index in [1.165, 1.54) is 0 Å². The SMILES string of the molecule is Cc1nn(C)c(Cl)c1C1C(C(=O)O)C1(C)C. The average molecular weight is 243 g/mol. The van der Waals surface area contributed by atoms with Crippen molar-refractivity contribution in [1.29, 1.82) is 0 Å². The second-order valence-electron chi connectivity index (χ2n) is 5.03. The summed E-state index contributed by atoms with van der Waals surface area (Å²) in [7, 11) is 1.77. The molecule has 4 nitrogen and oxygen atoms in total. The molecule has 16 heavy (non-hydrogen) atoms. The van der Waals surface area contributed by atoms with Gasteiger partial charge in [-0.1, -0.05) is 25.4 Å². The van der Waals surface area contributed by atoms with E-state index < -0.39 is 5.97 Å². The molecule has 0 amide bonds. The molecule has 2 unspecified atom stereocenters. The number of aliphatic carboxylic acids is 1. The molecule has 1 aliphatic rings. The van der Waals surface area contributed by atoms with Crippen LogP contribution >= 0.6 is 11.6 Å². The largest absolute Gasteiger partial charge is 0.481 e. The van der Waals surface area contributed by atoms with Gasteiger partial charge in [-0.15, -0.1) is 0 Å². The van der Waals surface area contributed by atoms with Crippen molar-refractivity contribution in [3.8, 4) is 0 Å². The van der Waals surface area contributed by atoms with Crippen molar-refractivity contribution in [2.45, 2.75) is 26.7 Å². The summed E-state index contributed by atoms with van der Waals surface area (Å²) < 4.78 is 1.60. The molecule has 0 aromatic carbocycles. The lowest BCUT2D eigenvalue weighted by Crippen LogP contribution is -2.03. The summed E-state index contributed by atoms with van der Waals surface area (Å²) in [5.74, 6) is -1.13. The Bertz CT molecular complexity index is 465. The van der Waals surface area contributed by atoms with Gasteiger partial charge in [0.2, 0.25) is 0 Å². The first-order chi connectivity index (χ1) is 7.28. The molecule has 1 aliphatic carbocycles. The molecule has 1 aromatic rings. The Hall–Kier alpha value is -1.03. The van der Waals surface area contributed by atoms with Crippen molar-refractivity contribution in [2.24, 2.45) is 18.4 Å². The summed E-state index contributed by atoms with van der Waals surface area (Å²) >= 11 is 6.15. The molecular weight excluding hydrogens is 228 g/mol. The van der Waals surface area contributed by atoms with Crippen LogP contribution < -0.4 is 0 Å². The monoisotopic (exact) mass is 242 g/mol. The van der Waals surface area contributed by atoms with E-state index in [0.717, 1.165) is 11.3 Å². The van der Waals surface area contributed by atoms with Gasteiger partial charge < -0.3 is 5.11 Å². The van der Waals surface area contributed by atoms with Crippen LogP contribution in [-0.4, -0.2) is 20.9 Å². The number of hydrogen-bond acceptors (Lipinski definition) is 2. The van der Waals surface area contributed by atoms with Crippen molar-refractivity contribution in [3.63, 3.8) is 0 Å². The number of carboxylic acid groups (broad SMARTS) is 1. The molecule has 0 radical (unpaired) electrons. The number of rotatable bonds is 2. The number of halogens is 1. The zero-order valence-corrected chi connectivity index (χ0v) is 10.5. The Labute approximate surface area is 99.2 Å². The highest BCUT2D eigenvalue weighted by molar-refractivity contribution is 6.30. The number of hydrogen-bond donors (Lipinski definition) is 1. The Kier molecular flexibility index (Phi) is 2.31. The molecule has 1 heterocycles. The van der Waals surface area contributed by atoms with E-state index in [4.69, 9.17) is 16.7 Å². The fraction of sp³-hybridized carbons (Fsp3) is 0.636. The van der Waals surface area contributed by atoms with Crippen molar-refractivity contribution in [2.75, 3.05) is 0 Å². The zero-order chi connectivity index (χ0) is 12.2. The highest BCUT2D eigenvalue weighted by atomic mass is 35.5. The first kappa shape index (κ1) is 11.5. The van der Waals surface area contributed by atoms with Gasteiger partial charge in [0.05, 0.1) is 11.6 Å². The fourth-order valence-electron chi connectivity index (χ4n) is 2.64. The zero-order valence-electron chi connectivity index (χ0n) is 9.78. The summed E-state index contributed by atoms with van der Waals surface area (Å²) in [5.41, 5.74) is 1.49. The topological polar surface area (TPSA) is 55.1 Å². The van der Waals surface area contributed by atoms with E-state index in [2.05, 4.69) is 5.10 Å². The van der Waals surface area contributed by atoms with Gasteiger partial charge in [0, 0.05) is 18.5 Å². The molecular formula is C11H15ClN2O2. The predicted octanol–water partition coefficient (Wildman–Crippen LogP) is 2.21. The maximum atomic E-state index is 11.1. The Morgan fingerprint density at radius 2 is 2.12 bits per heavy atom. The molecule has 0 saturated heterocycles. The summed E-state index contributed by atoms with van der Waals surface area (Å²) in [4.78, 5) is 11.1. The molecule has 0 spiro atoms. The van der Waals surface area contributed by atoms with Gasteiger partial charge in [-0.3, -0.25) is 9.48 Å². The smallest absolute Gasteiger partial charge is 0.307 e. The maximum Gasteiger partial charge on any atom is 0.307 e.